The van der Waals surface area contributed by atoms with Crippen LogP contribution in [0, 0.1) is 34.6 Å². The van der Waals surface area contributed by atoms with Gasteiger partial charge in [0.05, 0.1) is 17.3 Å². The van der Waals surface area contributed by atoms with Crippen LogP contribution >= 0.6 is 11.6 Å². The molecule has 1 aromatic heterocycles. The van der Waals surface area contributed by atoms with E-state index in [2.05, 4.69) is 95.3 Å². The SMILES string of the molecule is Cc1ccc(Cn2nc(-c3ccc(C)c(C)c3)c(Cl)c2-c2ccc(C)c(C)c2)cc1. The molecule has 30 heavy (non-hydrogen) atoms. The van der Waals surface area contributed by atoms with E-state index in [-0.39, 0.29) is 0 Å². The Hall–Kier alpha value is -2.84. The van der Waals surface area contributed by atoms with Crippen molar-refractivity contribution in [2.75, 3.05) is 0 Å². The van der Waals surface area contributed by atoms with Gasteiger partial charge in [0.15, 0.2) is 0 Å². The maximum absolute atomic E-state index is 6.99. The molecule has 1 heterocycles. The minimum absolute atomic E-state index is 0.674. The van der Waals surface area contributed by atoms with Crippen LogP contribution in [0.5, 0.6) is 0 Å². The quantitative estimate of drug-likeness (QED) is 0.338. The van der Waals surface area contributed by atoms with Crippen molar-refractivity contribution in [1.82, 2.24) is 9.78 Å². The molecular formula is C27H27ClN2. The van der Waals surface area contributed by atoms with Gasteiger partial charge in [-0.05, 0) is 74.6 Å². The Bertz CT molecular complexity index is 1220. The summed E-state index contributed by atoms with van der Waals surface area (Å²) in [7, 11) is 0. The zero-order valence-corrected chi connectivity index (χ0v) is 19.0. The van der Waals surface area contributed by atoms with Crippen LogP contribution in [0.4, 0.5) is 0 Å². The van der Waals surface area contributed by atoms with Gasteiger partial charge in [-0.3, -0.25) is 4.68 Å². The van der Waals surface area contributed by atoms with Crippen LogP contribution in [0.15, 0.2) is 60.7 Å². The molecule has 0 spiro atoms. The molecule has 0 amide bonds. The highest BCUT2D eigenvalue weighted by Gasteiger charge is 2.20. The Morgan fingerprint density at radius 1 is 0.700 bits per heavy atom. The molecule has 0 saturated carbocycles. The fourth-order valence-electron chi connectivity index (χ4n) is 3.66. The number of benzene rings is 3. The summed E-state index contributed by atoms with van der Waals surface area (Å²) in [5.74, 6) is 0. The van der Waals surface area contributed by atoms with E-state index in [1.807, 2.05) is 4.68 Å². The molecule has 3 aromatic carbocycles. The fraction of sp³-hybridized carbons (Fsp3) is 0.222. The number of nitrogens with zero attached hydrogens (tertiary/aromatic N) is 2. The Balaban J connectivity index is 1.88. The molecule has 3 heteroatoms. The molecule has 4 rings (SSSR count). The molecule has 0 bridgehead atoms. The number of hydrogen-bond acceptors (Lipinski definition) is 1. The van der Waals surface area contributed by atoms with Crippen LogP contribution in [-0.4, -0.2) is 9.78 Å². The Kier molecular flexibility index (Phi) is 5.53. The standard InChI is InChI=1S/C27H27ClN2/c1-17-6-10-22(11-7-17)16-30-27(24-13-9-19(3)21(5)15-24)25(28)26(29-30)23-12-8-18(2)20(4)14-23/h6-15H,16H2,1-5H3. The van der Waals surface area contributed by atoms with Crippen molar-refractivity contribution in [2.45, 2.75) is 41.2 Å². The van der Waals surface area contributed by atoms with Gasteiger partial charge in [0.25, 0.3) is 0 Å². The summed E-state index contributed by atoms with van der Waals surface area (Å²) in [5.41, 5.74) is 11.4. The van der Waals surface area contributed by atoms with E-state index < -0.39 is 0 Å². The molecule has 0 aliphatic carbocycles. The van der Waals surface area contributed by atoms with Crippen LogP contribution in [-0.2, 0) is 6.54 Å². The lowest BCUT2D eigenvalue weighted by Crippen LogP contribution is -2.04. The number of hydrogen-bond donors (Lipinski definition) is 0. The molecule has 0 unspecified atom stereocenters. The summed E-state index contributed by atoms with van der Waals surface area (Å²) in [4.78, 5) is 0. The first kappa shape index (κ1) is 20.4. The lowest BCUT2D eigenvalue weighted by molar-refractivity contribution is 0.697. The summed E-state index contributed by atoms with van der Waals surface area (Å²) in [5, 5.41) is 5.68. The largest absolute Gasteiger partial charge is 0.258 e. The summed E-state index contributed by atoms with van der Waals surface area (Å²) in [6.45, 7) is 11.3. The average molecular weight is 415 g/mol. The van der Waals surface area contributed by atoms with Crippen LogP contribution in [0.2, 0.25) is 5.02 Å². The highest BCUT2D eigenvalue weighted by Crippen LogP contribution is 2.38. The lowest BCUT2D eigenvalue weighted by atomic mass is 10.0. The summed E-state index contributed by atoms with van der Waals surface area (Å²) in [6, 6.07) is 21.5. The summed E-state index contributed by atoms with van der Waals surface area (Å²) in [6.07, 6.45) is 0. The van der Waals surface area contributed by atoms with Crippen molar-refractivity contribution in [3.8, 4) is 22.5 Å². The van der Waals surface area contributed by atoms with E-state index in [1.165, 1.54) is 33.4 Å². The van der Waals surface area contributed by atoms with Crippen molar-refractivity contribution >= 4 is 11.6 Å². The molecular weight excluding hydrogens is 388 g/mol. The highest BCUT2D eigenvalue weighted by molar-refractivity contribution is 6.35. The smallest absolute Gasteiger partial charge is 0.112 e. The third-order valence-electron chi connectivity index (χ3n) is 5.91. The summed E-state index contributed by atoms with van der Waals surface area (Å²) >= 11 is 6.99. The number of halogens is 1. The topological polar surface area (TPSA) is 17.8 Å². The maximum Gasteiger partial charge on any atom is 0.112 e. The molecule has 0 aliphatic rings. The molecule has 0 radical (unpaired) electrons. The molecule has 2 nitrogen and oxygen atoms in total. The van der Waals surface area contributed by atoms with Gasteiger partial charge in [-0.2, -0.15) is 5.10 Å². The van der Waals surface area contributed by atoms with Crippen molar-refractivity contribution < 1.29 is 0 Å². The van der Waals surface area contributed by atoms with E-state index in [0.29, 0.717) is 11.6 Å². The van der Waals surface area contributed by atoms with Gasteiger partial charge in [0, 0.05) is 11.1 Å². The number of aryl methyl sites for hydroxylation is 5. The Labute approximate surface area is 184 Å². The van der Waals surface area contributed by atoms with Gasteiger partial charge in [0.2, 0.25) is 0 Å². The molecule has 0 N–H and O–H groups in total. The average Bonchev–Trinajstić information content (AvgIpc) is 3.04. The van der Waals surface area contributed by atoms with Gasteiger partial charge in [0.1, 0.15) is 5.69 Å². The van der Waals surface area contributed by atoms with E-state index in [1.54, 1.807) is 0 Å². The van der Waals surface area contributed by atoms with Crippen molar-refractivity contribution in [1.29, 1.82) is 0 Å². The molecule has 0 fully saturated rings. The van der Waals surface area contributed by atoms with Gasteiger partial charge in [-0.25, -0.2) is 0 Å². The Morgan fingerprint density at radius 2 is 1.27 bits per heavy atom. The molecule has 152 valence electrons. The normalized spacial score (nSPS) is 11.1. The first-order valence-corrected chi connectivity index (χ1v) is 10.7. The second kappa shape index (κ2) is 8.12. The van der Waals surface area contributed by atoms with E-state index in [0.717, 1.165) is 22.5 Å². The molecule has 0 atom stereocenters. The van der Waals surface area contributed by atoms with Gasteiger partial charge in [-0.1, -0.05) is 65.7 Å². The van der Waals surface area contributed by atoms with Gasteiger partial charge >= 0.3 is 0 Å². The second-order valence-electron chi connectivity index (χ2n) is 8.25. The molecule has 0 aliphatic heterocycles. The minimum atomic E-state index is 0.674. The predicted molar refractivity (Wildman–Crippen MR) is 127 cm³/mol. The monoisotopic (exact) mass is 414 g/mol. The van der Waals surface area contributed by atoms with Crippen molar-refractivity contribution in [3.63, 3.8) is 0 Å². The fourth-order valence-corrected chi connectivity index (χ4v) is 4.01. The Morgan fingerprint density at radius 3 is 1.87 bits per heavy atom. The van der Waals surface area contributed by atoms with Gasteiger partial charge in [-0.15, -0.1) is 0 Å². The molecule has 4 aromatic rings. The third kappa shape index (κ3) is 3.93. The first-order valence-electron chi connectivity index (χ1n) is 10.3. The number of aromatic nitrogens is 2. The number of rotatable bonds is 4. The van der Waals surface area contributed by atoms with Crippen molar-refractivity contribution in [3.05, 3.63) is 99.1 Å². The van der Waals surface area contributed by atoms with Crippen molar-refractivity contribution in [2.24, 2.45) is 0 Å². The zero-order chi connectivity index (χ0) is 21.4. The van der Waals surface area contributed by atoms with Gasteiger partial charge < -0.3 is 0 Å². The summed E-state index contributed by atoms with van der Waals surface area (Å²) < 4.78 is 2.04. The van der Waals surface area contributed by atoms with Crippen LogP contribution in [0.3, 0.4) is 0 Å². The molecule has 0 saturated heterocycles. The highest BCUT2D eigenvalue weighted by atomic mass is 35.5. The van der Waals surface area contributed by atoms with E-state index >= 15 is 0 Å². The second-order valence-corrected chi connectivity index (χ2v) is 8.63. The minimum Gasteiger partial charge on any atom is -0.258 e. The van der Waals surface area contributed by atoms with Crippen LogP contribution in [0.1, 0.15) is 33.4 Å². The predicted octanol–water partition coefficient (Wildman–Crippen LogP) is 7.46. The zero-order valence-electron chi connectivity index (χ0n) is 18.3. The van der Waals surface area contributed by atoms with E-state index in [4.69, 9.17) is 16.7 Å². The lowest BCUT2D eigenvalue weighted by Gasteiger charge is -2.10. The first-order chi connectivity index (χ1) is 14.3. The van der Waals surface area contributed by atoms with Crippen LogP contribution < -0.4 is 0 Å². The third-order valence-corrected chi connectivity index (χ3v) is 6.27. The van der Waals surface area contributed by atoms with Crippen LogP contribution in [0.25, 0.3) is 22.5 Å². The van der Waals surface area contributed by atoms with E-state index in [9.17, 15) is 0 Å². The maximum atomic E-state index is 6.99.